The van der Waals surface area contributed by atoms with E-state index in [0.29, 0.717) is 17.5 Å². The Kier molecular flexibility index (Phi) is 2.02. The molecule has 0 saturated heterocycles. The number of hydrogen-bond acceptors (Lipinski definition) is 5. The molecule has 0 aliphatic carbocycles. The van der Waals surface area contributed by atoms with Crippen LogP contribution in [0.25, 0.3) is 0 Å². The number of aromatic amines is 1. The summed E-state index contributed by atoms with van der Waals surface area (Å²) in [6.45, 7) is 1.79. The van der Waals surface area contributed by atoms with Crippen molar-refractivity contribution >= 4 is 17.3 Å². The Balaban J connectivity index is 2.25. The lowest BCUT2D eigenvalue weighted by Crippen LogP contribution is -1.99. The lowest BCUT2D eigenvalue weighted by molar-refractivity contribution is 1.06. The molecule has 6 nitrogen and oxygen atoms in total. The van der Waals surface area contributed by atoms with E-state index in [1.165, 1.54) is 0 Å². The lowest BCUT2D eigenvalue weighted by atomic mass is 10.4. The molecule has 0 saturated carbocycles. The van der Waals surface area contributed by atoms with Gasteiger partial charge in [-0.1, -0.05) is 0 Å². The predicted octanol–water partition coefficient (Wildman–Crippen LogP) is 0.834. The number of nitrogen functional groups attached to an aromatic ring is 1. The molecule has 0 atom stereocenters. The van der Waals surface area contributed by atoms with Gasteiger partial charge in [-0.15, -0.1) is 0 Å². The highest BCUT2D eigenvalue weighted by molar-refractivity contribution is 5.56. The van der Waals surface area contributed by atoms with E-state index >= 15 is 0 Å². The molecule has 14 heavy (non-hydrogen) atoms. The Bertz CT molecular complexity index is 401. The van der Waals surface area contributed by atoms with Crippen LogP contribution < -0.4 is 11.1 Å². The minimum atomic E-state index is 0.448. The monoisotopic (exact) mass is 190 g/mol. The fourth-order valence-corrected chi connectivity index (χ4v) is 1.12. The van der Waals surface area contributed by atoms with Crippen LogP contribution in [0.3, 0.4) is 0 Å². The summed E-state index contributed by atoms with van der Waals surface area (Å²) in [5.74, 6) is 1.75. The molecule has 0 aliphatic rings. The zero-order chi connectivity index (χ0) is 9.97. The number of H-pyrrole nitrogens is 1. The van der Waals surface area contributed by atoms with Gasteiger partial charge in [0.05, 0.1) is 11.9 Å². The van der Waals surface area contributed by atoms with Crippen molar-refractivity contribution in [1.82, 2.24) is 20.2 Å². The maximum atomic E-state index is 5.57. The standard InChI is InChI=1S/C8H10N6/c1-5-12-7(9)2-8(13-5)14-6-3-10-11-4-6/h2-4H,1H3,(H,10,11)(H3,9,12,13,14). The SMILES string of the molecule is Cc1nc(N)cc(Nc2cn[nH]c2)n1. The van der Waals surface area contributed by atoms with Crippen LogP contribution in [0, 0.1) is 6.92 Å². The van der Waals surface area contributed by atoms with E-state index in [2.05, 4.69) is 25.5 Å². The molecule has 2 aromatic heterocycles. The molecule has 2 heterocycles. The highest BCUT2D eigenvalue weighted by Gasteiger charge is 1.99. The molecule has 0 spiro atoms. The van der Waals surface area contributed by atoms with Crippen LogP contribution in [0.4, 0.5) is 17.3 Å². The zero-order valence-electron chi connectivity index (χ0n) is 7.65. The Hall–Kier alpha value is -2.11. The van der Waals surface area contributed by atoms with Crippen LogP contribution in [0.2, 0.25) is 0 Å². The smallest absolute Gasteiger partial charge is 0.136 e. The number of rotatable bonds is 2. The van der Waals surface area contributed by atoms with Crippen molar-refractivity contribution in [2.45, 2.75) is 6.92 Å². The lowest BCUT2D eigenvalue weighted by Gasteiger charge is -2.03. The third kappa shape index (κ3) is 1.79. The molecular formula is C8H10N6. The Morgan fingerprint density at radius 1 is 1.43 bits per heavy atom. The van der Waals surface area contributed by atoms with E-state index in [1.807, 2.05) is 0 Å². The van der Waals surface area contributed by atoms with Crippen molar-refractivity contribution in [3.05, 3.63) is 24.3 Å². The summed E-state index contributed by atoms with van der Waals surface area (Å²) in [5.41, 5.74) is 6.41. The number of nitrogens with one attached hydrogen (secondary N) is 2. The first-order valence-electron chi connectivity index (χ1n) is 4.11. The molecule has 6 heteroatoms. The second-order valence-electron chi connectivity index (χ2n) is 2.84. The van der Waals surface area contributed by atoms with E-state index in [0.717, 1.165) is 5.69 Å². The molecule has 2 rings (SSSR count). The van der Waals surface area contributed by atoms with Gasteiger partial charge in [-0.25, -0.2) is 9.97 Å². The Morgan fingerprint density at radius 3 is 2.93 bits per heavy atom. The number of nitrogens with two attached hydrogens (primary N) is 1. The van der Waals surface area contributed by atoms with Crippen LogP contribution in [-0.4, -0.2) is 20.2 Å². The summed E-state index contributed by atoms with van der Waals surface area (Å²) in [6, 6.07) is 1.67. The number of hydrogen-bond donors (Lipinski definition) is 3. The summed E-state index contributed by atoms with van der Waals surface area (Å²) in [6.07, 6.45) is 3.39. The fraction of sp³-hybridized carbons (Fsp3) is 0.125. The quantitative estimate of drug-likeness (QED) is 0.652. The third-order valence-corrected chi connectivity index (χ3v) is 1.63. The van der Waals surface area contributed by atoms with E-state index in [4.69, 9.17) is 5.73 Å². The van der Waals surface area contributed by atoms with Gasteiger partial charge in [0.2, 0.25) is 0 Å². The summed E-state index contributed by atoms with van der Waals surface area (Å²) >= 11 is 0. The molecule has 0 amide bonds. The molecule has 0 aliphatic heterocycles. The second-order valence-corrected chi connectivity index (χ2v) is 2.84. The first-order chi connectivity index (χ1) is 6.74. The molecule has 2 aromatic rings. The minimum Gasteiger partial charge on any atom is -0.384 e. The molecular weight excluding hydrogens is 180 g/mol. The molecule has 72 valence electrons. The van der Waals surface area contributed by atoms with Crippen molar-refractivity contribution < 1.29 is 0 Å². The number of aromatic nitrogens is 4. The number of aryl methyl sites for hydroxylation is 1. The van der Waals surface area contributed by atoms with Crippen LogP contribution in [0.15, 0.2) is 18.5 Å². The third-order valence-electron chi connectivity index (χ3n) is 1.63. The Labute approximate surface area is 80.6 Å². The molecule has 0 fully saturated rings. The van der Waals surface area contributed by atoms with Gasteiger partial charge >= 0.3 is 0 Å². The minimum absolute atomic E-state index is 0.448. The van der Waals surface area contributed by atoms with Gasteiger partial charge in [-0.2, -0.15) is 5.10 Å². The summed E-state index contributed by atoms with van der Waals surface area (Å²) in [5, 5.41) is 9.53. The van der Waals surface area contributed by atoms with Crippen LogP contribution in [0.5, 0.6) is 0 Å². The van der Waals surface area contributed by atoms with Gasteiger partial charge in [0, 0.05) is 12.3 Å². The first kappa shape index (κ1) is 8.49. The summed E-state index contributed by atoms with van der Waals surface area (Å²) in [7, 11) is 0. The first-order valence-corrected chi connectivity index (χ1v) is 4.11. The largest absolute Gasteiger partial charge is 0.384 e. The number of nitrogens with zero attached hydrogens (tertiary/aromatic N) is 3. The Morgan fingerprint density at radius 2 is 2.29 bits per heavy atom. The second kappa shape index (κ2) is 3.33. The molecule has 0 unspecified atom stereocenters. The molecule has 0 bridgehead atoms. The van der Waals surface area contributed by atoms with Gasteiger partial charge < -0.3 is 11.1 Å². The molecule has 0 radical (unpaired) electrons. The van der Waals surface area contributed by atoms with Crippen molar-refractivity contribution in [2.75, 3.05) is 11.1 Å². The van der Waals surface area contributed by atoms with Crippen LogP contribution >= 0.6 is 0 Å². The number of anilines is 3. The van der Waals surface area contributed by atoms with E-state index in [-0.39, 0.29) is 0 Å². The van der Waals surface area contributed by atoms with Crippen molar-refractivity contribution in [3.8, 4) is 0 Å². The maximum Gasteiger partial charge on any atom is 0.136 e. The van der Waals surface area contributed by atoms with Crippen LogP contribution in [0.1, 0.15) is 5.82 Å². The van der Waals surface area contributed by atoms with E-state index in [9.17, 15) is 0 Å². The van der Waals surface area contributed by atoms with Gasteiger partial charge in [0.15, 0.2) is 0 Å². The highest BCUT2D eigenvalue weighted by atomic mass is 15.1. The average molecular weight is 190 g/mol. The van der Waals surface area contributed by atoms with Gasteiger partial charge in [0.25, 0.3) is 0 Å². The van der Waals surface area contributed by atoms with Gasteiger partial charge in [-0.05, 0) is 6.92 Å². The maximum absolute atomic E-state index is 5.57. The fourth-order valence-electron chi connectivity index (χ4n) is 1.12. The van der Waals surface area contributed by atoms with Gasteiger partial charge in [-0.3, -0.25) is 5.10 Å². The summed E-state index contributed by atoms with van der Waals surface area (Å²) in [4.78, 5) is 8.13. The van der Waals surface area contributed by atoms with E-state index in [1.54, 1.807) is 25.4 Å². The summed E-state index contributed by atoms with van der Waals surface area (Å²) < 4.78 is 0. The van der Waals surface area contributed by atoms with Crippen LogP contribution in [-0.2, 0) is 0 Å². The zero-order valence-corrected chi connectivity index (χ0v) is 7.65. The topological polar surface area (TPSA) is 92.5 Å². The predicted molar refractivity (Wildman–Crippen MR) is 53.1 cm³/mol. The average Bonchev–Trinajstić information content (AvgIpc) is 2.54. The van der Waals surface area contributed by atoms with Crippen molar-refractivity contribution in [2.24, 2.45) is 0 Å². The van der Waals surface area contributed by atoms with E-state index < -0.39 is 0 Å². The highest BCUT2D eigenvalue weighted by Crippen LogP contribution is 2.13. The normalized spacial score (nSPS) is 10.1. The van der Waals surface area contributed by atoms with Gasteiger partial charge in [0.1, 0.15) is 17.5 Å². The van der Waals surface area contributed by atoms with Crippen molar-refractivity contribution in [1.29, 1.82) is 0 Å². The van der Waals surface area contributed by atoms with Crippen molar-refractivity contribution in [3.63, 3.8) is 0 Å². The molecule has 4 N–H and O–H groups in total. The molecule has 0 aromatic carbocycles.